The minimum Gasteiger partial charge on any atom is -0.0776 e. The minimum atomic E-state index is 0. The maximum atomic E-state index is 2.42. The van der Waals surface area contributed by atoms with Crippen molar-refractivity contribution in [2.45, 2.75) is 41.5 Å². The Kier molecular flexibility index (Phi) is 2.22. The molecule has 0 spiro atoms. The zero-order valence-electron chi connectivity index (χ0n) is 8.52. The summed E-state index contributed by atoms with van der Waals surface area (Å²) >= 11 is 0. The van der Waals surface area contributed by atoms with E-state index in [2.05, 4.69) is 45.9 Å². The average Bonchev–Trinajstić information content (AvgIpc) is 2.04. The van der Waals surface area contributed by atoms with E-state index in [1.54, 1.807) is 5.57 Å². The van der Waals surface area contributed by atoms with Crippen LogP contribution >= 0.6 is 0 Å². The molecule has 3 aliphatic carbocycles. The van der Waals surface area contributed by atoms with Gasteiger partial charge in [-0.25, -0.2) is 0 Å². The van der Waals surface area contributed by atoms with E-state index in [9.17, 15) is 0 Å². The molecule has 0 radical (unpaired) electrons. The Bertz CT molecular complexity index is 266. The Balaban J connectivity index is 0.000000845. The standard InChI is InChI=1S/C12H18.CH4/c1-9(2)12-7-5-6-10(8-12)11(12,3)4;/h5-7,9H,8H2,1-4H3;1H4. The molecule has 0 saturated heterocycles. The molecule has 0 heterocycles. The van der Waals surface area contributed by atoms with Crippen LogP contribution in [0.1, 0.15) is 41.5 Å². The van der Waals surface area contributed by atoms with E-state index in [0.29, 0.717) is 10.8 Å². The van der Waals surface area contributed by atoms with E-state index in [-0.39, 0.29) is 7.43 Å². The molecule has 13 heavy (non-hydrogen) atoms. The van der Waals surface area contributed by atoms with Crippen molar-refractivity contribution in [1.82, 2.24) is 0 Å². The van der Waals surface area contributed by atoms with Crippen LogP contribution in [0.3, 0.4) is 0 Å². The number of hydrogen-bond acceptors (Lipinski definition) is 0. The number of allylic oxidation sites excluding steroid dienone is 4. The topological polar surface area (TPSA) is 0 Å². The van der Waals surface area contributed by atoms with Crippen molar-refractivity contribution < 1.29 is 0 Å². The summed E-state index contributed by atoms with van der Waals surface area (Å²) in [5, 5.41) is 0. The van der Waals surface area contributed by atoms with Gasteiger partial charge in [0.1, 0.15) is 0 Å². The lowest BCUT2D eigenvalue weighted by Crippen LogP contribution is -2.52. The van der Waals surface area contributed by atoms with E-state index in [1.165, 1.54) is 6.42 Å². The van der Waals surface area contributed by atoms with E-state index < -0.39 is 0 Å². The third-order valence-electron chi connectivity index (χ3n) is 4.17. The maximum Gasteiger partial charge on any atom is 0.00336 e. The fourth-order valence-electron chi connectivity index (χ4n) is 2.94. The summed E-state index contributed by atoms with van der Waals surface area (Å²) in [4.78, 5) is 0. The first-order chi connectivity index (χ1) is 5.51. The molecule has 1 saturated carbocycles. The molecule has 3 rings (SSSR count). The highest BCUT2D eigenvalue weighted by Gasteiger charge is 2.57. The number of hydrogen-bond donors (Lipinski definition) is 0. The molecule has 2 bridgehead atoms. The molecule has 0 N–H and O–H groups in total. The molecule has 1 unspecified atom stereocenters. The van der Waals surface area contributed by atoms with Crippen LogP contribution in [0.2, 0.25) is 0 Å². The fourth-order valence-corrected chi connectivity index (χ4v) is 2.94. The summed E-state index contributed by atoms with van der Waals surface area (Å²) in [5.74, 6) is 0.765. The summed E-state index contributed by atoms with van der Waals surface area (Å²) in [6.07, 6.45) is 8.26. The molecule has 0 aromatic heterocycles. The number of rotatable bonds is 1. The van der Waals surface area contributed by atoms with Gasteiger partial charge in [-0.05, 0) is 17.8 Å². The van der Waals surface area contributed by atoms with Crippen LogP contribution in [0.5, 0.6) is 0 Å². The van der Waals surface area contributed by atoms with Gasteiger partial charge >= 0.3 is 0 Å². The van der Waals surface area contributed by atoms with Crippen molar-refractivity contribution in [1.29, 1.82) is 0 Å². The summed E-state index contributed by atoms with van der Waals surface area (Å²) in [6, 6.07) is 0. The summed E-state index contributed by atoms with van der Waals surface area (Å²) in [6.45, 7) is 9.44. The Morgan fingerprint density at radius 3 is 2.23 bits per heavy atom. The van der Waals surface area contributed by atoms with Crippen LogP contribution in [-0.2, 0) is 0 Å². The summed E-state index contributed by atoms with van der Waals surface area (Å²) < 4.78 is 0. The van der Waals surface area contributed by atoms with Crippen LogP contribution in [0.25, 0.3) is 0 Å². The monoisotopic (exact) mass is 178 g/mol. The van der Waals surface area contributed by atoms with Crippen molar-refractivity contribution >= 4 is 0 Å². The molecular formula is C13H22. The molecule has 0 nitrogen and oxygen atoms in total. The molecule has 0 aromatic rings. The van der Waals surface area contributed by atoms with Crippen molar-refractivity contribution in [2.75, 3.05) is 0 Å². The first-order valence-corrected chi connectivity index (χ1v) is 4.89. The number of fused-ring (bicyclic) bond motifs is 1. The molecule has 0 heteroatoms. The molecule has 0 aliphatic heterocycles. The van der Waals surface area contributed by atoms with Gasteiger partial charge in [-0.15, -0.1) is 0 Å². The van der Waals surface area contributed by atoms with Gasteiger partial charge in [-0.1, -0.05) is 58.9 Å². The van der Waals surface area contributed by atoms with Gasteiger partial charge in [0.15, 0.2) is 0 Å². The SMILES string of the molecule is C.CC(C)C12C=CC=C(C1)C2(C)C. The lowest BCUT2D eigenvalue weighted by molar-refractivity contribution is 0.0216. The quantitative estimate of drug-likeness (QED) is 0.564. The third kappa shape index (κ3) is 0.978. The van der Waals surface area contributed by atoms with Gasteiger partial charge in [0.05, 0.1) is 0 Å². The molecule has 0 amide bonds. The highest BCUT2D eigenvalue weighted by molar-refractivity contribution is 5.42. The maximum absolute atomic E-state index is 2.42. The normalized spacial score (nSPS) is 33.5. The fraction of sp³-hybridized carbons (Fsp3) is 0.692. The van der Waals surface area contributed by atoms with Crippen molar-refractivity contribution in [3.05, 3.63) is 23.8 Å². The lowest BCUT2D eigenvalue weighted by Gasteiger charge is -2.61. The molecule has 1 fully saturated rings. The van der Waals surface area contributed by atoms with Crippen LogP contribution in [0, 0.1) is 16.7 Å². The zero-order valence-corrected chi connectivity index (χ0v) is 8.52. The van der Waals surface area contributed by atoms with Crippen LogP contribution in [-0.4, -0.2) is 0 Å². The molecule has 1 atom stereocenters. The van der Waals surface area contributed by atoms with Gasteiger partial charge in [0, 0.05) is 5.41 Å². The molecular weight excluding hydrogens is 156 g/mol. The Morgan fingerprint density at radius 1 is 1.31 bits per heavy atom. The largest absolute Gasteiger partial charge is 0.0776 e. The Labute approximate surface area is 82.7 Å². The van der Waals surface area contributed by atoms with Gasteiger partial charge in [-0.3, -0.25) is 0 Å². The molecule has 3 aliphatic rings. The van der Waals surface area contributed by atoms with E-state index in [4.69, 9.17) is 0 Å². The summed E-state index contributed by atoms with van der Waals surface area (Å²) in [7, 11) is 0. The minimum absolute atomic E-state index is 0. The highest BCUT2D eigenvalue weighted by atomic mass is 14.6. The Morgan fingerprint density at radius 2 is 1.92 bits per heavy atom. The van der Waals surface area contributed by atoms with Crippen molar-refractivity contribution in [3.63, 3.8) is 0 Å². The molecule has 0 aromatic carbocycles. The summed E-state index contributed by atoms with van der Waals surface area (Å²) in [5.41, 5.74) is 2.53. The highest BCUT2D eigenvalue weighted by Crippen LogP contribution is 2.66. The van der Waals surface area contributed by atoms with Gasteiger partial charge in [0.2, 0.25) is 0 Å². The lowest BCUT2D eigenvalue weighted by atomic mass is 9.43. The zero-order chi connectivity index (χ0) is 8.98. The van der Waals surface area contributed by atoms with Crippen LogP contribution in [0.4, 0.5) is 0 Å². The average molecular weight is 178 g/mol. The van der Waals surface area contributed by atoms with E-state index in [1.807, 2.05) is 0 Å². The Hall–Kier alpha value is -0.520. The predicted molar refractivity (Wildman–Crippen MR) is 59.6 cm³/mol. The second kappa shape index (κ2) is 2.73. The van der Waals surface area contributed by atoms with Crippen molar-refractivity contribution in [3.8, 4) is 0 Å². The second-order valence-electron chi connectivity index (χ2n) is 5.05. The first kappa shape index (κ1) is 10.6. The predicted octanol–water partition coefficient (Wildman–Crippen LogP) is 4.19. The smallest absolute Gasteiger partial charge is 0.00336 e. The first-order valence-electron chi connectivity index (χ1n) is 4.89. The molecule has 74 valence electrons. The van der Waals surface area contributed by atoms with Gasteiger partial charge in [-0.2, -0.15) is 0 Å². The van der Waals surface area contributed by atoms with E-state index in [0.717, 1.165) is 5.92 Å². The van der Waals surface area contributed by atoms with Crippen LogP contribution < -0.4 is 0 Å². The van der Waals surface area contributed by atoms with Gasteiger partial charge in [0.25, 0.3) is 0 Å². The van der Waals surface area contributed by atoms with Crippen molar-refractivity contribution in [2.24, 2.45) is 16.7 Å². The third-order valence-corrected chi connectivity index (χ3v) is 4.17. The van der Waals surface area contributed by atoms with Gasteiger partial charge < -0.3 is 0 Å². The second-order valence-corrected chi connectivity index (χ2v) is 5.05. The van der Waals surface area contributed by atoms with E-state index >= 15 is 0 Å². The van der Waals surface area contributed by atoms with Crippen LogP contribution in [0.15, 0.2) is 23.8 Å².